The number of alkyl halides is 4. The largest absolute Gasteiger partial charge is 0.574 e. The molecule has 0 aromatic carbocycles. The van der Waals surface area contributed by atoms with Crippen molar-refractivity contribution >= 4 is 0 Å². The average molecular weight is 252 g/mol. The van der Waals surface area contributed by atoms with Crippen molar-refractivity contribution in [3.05, 3.63) is 23.1 Å². The predicted molar refractivity (Wildman–Crippen MR) is 45.0 cm³/mol. The molecule has 8 heteroatoms. The van der Waals surface area contributed by atoms with E-state index in [4.69, 9.17) is 5.26 Å². The van der Waals surface area contributed by atoms with Gasteiger partial charge in [0.1, 0.15) is 6.67 Å². The monoisotopic (exact) mass is 252 g/mol. The van der Waals surface area contributed by atoms with E-state index in [1.807, 2.05) is 0 Å². The summed E-state index contributed by atoms with van der Waals surface area (Å²) in [5, 5.41) is 8.38. The lowest BCUT2D eigenvalue weighted by molar-refractivity contribution is -0.276. The van der Waals surface area contributed by atoms with Crippen LogP contribution < -0.4 is 4.74 Å². The number of nitrogens with zero attached hydrogens (tertiary/aromatic N) is 2. The summed E-state index contributed by atoms with van der Waals surface area (Å²) in [4.78, 5) is 2.81. The summed E-state index contributed by atoms with van der Waals surface area (Å²) in [7, 11) is 0. The Balaban J connectivity index is 3.24. The topological polar surface area (TPSA) is 45.9 Å². The first-order valence-electron chi connectivity index (χ1n) is 4.24. The minimum atomic E-state index is -5.10. The van der Waals surface area contributed by atoms with Crippen LogP contribution in [0, 0.1) is 17.3 Å². The van der Waals surface area contributed by atoms with Crippen LogP contribution in [0.3, 0.4) is 0 Å². The molecule has 0 aliphatic heterocycles. The van der Waals surface area contributed by atoms with Crippen LogP contribution >= 0.6 is 0 Å². The lowest BCUT2D eigenvalue weighted by Crippen LogP contribution is -2.20. The second kappa shape index (κ2) is 4.95. The van der Waals surface area contributed by atoms with Gasteiger partial charge < -0.3 is 4.74 Å². The van der Waals surface area contributed by atoms with E-state index in [2.05, 4.69) is 9.72 Å². The van der Waals surface area contributed by atoms with Crippen molar-refractivity contribution in [3.8, 4) is 11.9 Å². The minimum Gasteiger partial charge on any atom is -0.387 e. The molecule has 17 heavy (non-hydrogen) atoms. The highest BCUT2D eigenvalue weighted by Gasteiger charge is 2.33. The molecule has 1 heterocycles. The number of aromatic nitrogens is 1. The van der Waals surface area contributed by atoms with Crippen molar-refractivity contribution in [1.82, 2.24) is 4.98 Å². The summed E-state index contributed by atoms with van der Waals surface area (Å²) in [5.74, 6) is -2.48. The molecule has 1 rings (SSSR count). The third-order valence-corrected chi connectivity index (χ3v) is 1.76. The van der Waals surface area contributed by atoms with E-state index in [-0.39, 0.29) is 5.56 Å². The molecule has 1 aromatic heterocycles. The molecule has 0 bridgehead atoms. The summed E-state index contributed by atoms with van der Waals surface area (Å²) < 4.78 is 64.6. The maximum atomic E-state index is 12.9. The second-order valence-electron chi connectivity index (χ2n) is 2.90. The van der Waals surface area contributed by atoms with Gasteiger partial charge in [0.2, 0.25) is 11.8 Å². The molecule has 0 amide bonds. The Labute approximate surface area is 92.4 Å². The summed E-state index contributed by atoms with van der Waals surface area (Å²) in [6, 6.07) is 2.27. The van der Waals surface area contributed by atoms with Gasteiger partial charge >= 0.3 is 6.36 Å². The minimum absolute atomic E-state index is 0.221. The first-order chi connectivity index (χ1) is 7.87. The first-order valence-corrected chi connectivity index (χ1v) is 4.24. The van der Waals surface area contributed by atoms with Crippen LogP contribution in [0.25, 0.3) is 0 Å². The molecule has 3 nitrogen and oxygen atoms in total. The Morgan fingerprint density at radius 3 is 2.53 bits per heavy atom. The molecule has 0 unspecified atom stereocenters. The molecule has 0 fully saturated rings. The molecule has 0 saturated carbocycles. The highest BCUT2D eigenvalue weighted by atomic mass is 19.4. The molecule has 0 N–H and O–H groups in total. The molecule has 92 valence electrons. The van der Waals surface area contributed by atoms with E-state index in [1.54, 1.807) is 6.07 Å². The van der Waals surface area contributed by atoms with Crippen molar-refractivity contribution in [3.63, 3.8) is 0 Å². The van der Waals surface area contributed by atoms with Crippen molar-refractivity contribution in [1.29, 1.82) is 5.26 Å². The van der Waals surface area contributed by atoms with Gasteiger partial charge in [0.05, 0.1) is 12.5 Å². The van der Waals surface area contributed by atoms with Gasteiger partial charge in [0.25, 0.3) is 0 Å². The molecule has 0 saturated heterocycles. The molecule has 0 radical (unpaired) electrons. The standard InChI is InChI=1S/C9H5F5N2O/c10-4-6-5(1-2-15)3-7(11)16-8(6)17-9(12,13)14/h3H,1,4H2. The molecular weight excluding hydrogens is 247 g/mol. The van der Waals surface area contributed by atoms with E-state index in [1.165, 1.54) is 0 Å². The second-order valence-corrected chi connectivity index (χ2v) is 2.90. The fourth-order valence-electron chi connectivity index (χ4n) is 1.14. The van der Waals surface area contributed by atoms with Crippen molar-refractivity contribution in [2.45, 2.75) is 19.5 Å². The van der Waals surface area contributed by atoms with Crippen LogP contribution in [0.15, 0.2) is 6.07 Å². The van der Waals surface area contributed by atoms with E-state index < -0.39 is 36.8 Å². The fraction of sp³-hybridized carbons (Fsp3) is 0.333. The highest BCUT2D eigenvalue weighted by molar-refractivity contribution is 5.36. The van der Waals surface area contributed by atoms with E-state index in [0.717, 1.165) is 0 Å². The highest BCUT2D eigenvalue weighted by Crippen LogP contribution is 2.28. The number of nitriles is 1. The van der Waals surface area contributed by atoms with Crippen LogP contribution in [0.4, 0.5) is 22.0 Å². The lowest BCUT2D eigenvalue weighted by Gasteiger charge is -2.12. The Morgan fingerprint density at radius 2 is 2.06 bits per heavy atom. The SMILES string of the molecule is N#CCc1cc(F)nc(OC(F)(F)F)c1CF. The smallest absolute Gasteiger partial charge is 0.387 e. The van der Waals surface area contributed by atoms with Gasteiger partial charge in [0.15, 0.2) is 0 Å². The zero-order valence-corrected chi connectivity index (χ0v) is 8.18. The number of ether oxygens (including phenoxy) is 1. The van der Waals surface area contributed by atoms with Crippen molar-refractivity contribution in [2.24, 2.45) is 0 Å². The van der Waals surface area contributed by atoms with Crippen LogP contribution in [-0.4, -0.2) is 11.3 Å². The van der Waals surface area contributed by atoms with Crippen LogP contribution in [0.5, 0.6) is 5.88 Å². The Morgan fingerprint density at radius 1 is 1.41 bits per heavy atom. The van der Waals surface area contributed by atoms with Crippen molar-refractivity contribution in [2.75, 3.05) is 0 Å². The van der Waals surface area contributed by atoms with Gasteiger partial charge in [-0.25, -0.2) is 4.39 Å². The number of hydrogen-bond donors (Lipinski definition) is 0. The number of rotatable bonds is 3. The first kappa shape index (κ1) is 13.2. The average Bonchev–Trinajstić information content (AvgIpc) is 2.15. The number of hydrogen-bond acceptors (Lipinski definition) is 3. The van der Waals surface area contributed by atoms with Gasteiger partial charge in [-0.15, -0.1) is 13.2 Å². The molecule has 1 aromatic rings. The zero-order valence-electron chi connectivity index (χ0n) is 8.18. The third-order valence-electron chi connectivity index (χ3n) is 1.76. The maximum Gasteiger partial charge on any atom is 0.574 e. The predicted octanol–water partition coefficient (Wildman–Crippen LogP) is 2.65. The molecule has 0 aliphatic rings. The van der Waals surface area contributed by atoms with E-state index in [0.29, 0.717) is 6.07 Å². The van der Waals surface area contributed by atoms with Gasteiger partial charge in [-0.3, -0.25) is 0 Å². The Hall–Kier alpha value is -1.91. The van der Waals surface area contributed by atoms with Crippen LogP contribution in [0.2, 0.25) is 0 Å². The summed E-state index contributed by atoms with van der Waals surface area (Å²) >= 11 is 0. The summed E-state index contributed by atoms with van der Waals surface area (Å²) in [6.45, 7) is -1.34. The fourth-order valence-corrected chi connectivity index (χ4v) is 1.14. The zero-order chi connectivity index (χ0) is 13.1. The molecule has 0 aliphatic carbocycles. The van der Waals surface area contributed by atoms with E-state index in [9.17, 15) is 22.0 Å². The van der Waals surface area contributed by atoms with Gasteiger partial charge in [-0.2, -0.15) is 14.6 Å². The van der Waals surface area contributed by atoms with Gasteiger partial charge in [0, 0.05) is 5.56 Å². The number of pyridine rings is 1. The van der Waals surface area contributed by atoms with Gasteiger partial charge in [-0.05, 0) is 11.6 Å². The molecule has 0 spiro atoms. The molecular formula is C9H5F5N2O. The van der Waals surface area contributed by atoms with Crippen LogP contribution in [-0.2, 0) is 13.1 Å². The quantitative estimate of drug-likeness (QED) is 0.613. The van der Waals surface area contributed by atoms with Crippen molar-refractivity contribution < 1.29 is 26.7 Å². The lowest BCUT2D eigenvalue weighted by atomic mass is 10.1. The third kappa shape index (κ3) is 3.55. The van der Waals surface area contributed by atoms with Crippen LogP contribution in [0.1, 0.15) is 11.1 Å². The summed E-state index contributed by atoms with van der Waals surface area (Å²) in [6.07, 6.45) is -5.54. The Bertz CT molecular complexity index is 452. The van der Waals surface area contributed by atoms with E-state index >= 15 is 0 Å². The molecule has 0 atom stereocenters. The maximum absolute atomic E-state index is 12.9. The Kier molecular flexibility index (Phi) is 3.83. The number of halogens is 5. The normalized spacial score (nSPS) is 11.1. The van der Waals surface area contributed by atoms with Gasteiger partial charge in [-0.1, -0.05) is 0 Å². The summed E-state index contributed by atoms with van der Waals surface area (Å²) in [5.41, 5.74) is -0.799.